The van der Waals surface area contributed by atoms with Crippen LogP contribution in [0.5, 0.6) is 0 Å². The van der Waals surface area contributed by atoms with Gasteiger partial charge in [-0.1, -0.05) is 12.1 Å². The van der Waals surface area contributed by atoms with Gasteiger partial charge in [-0.15, -0.1) is 5.10 Å². The lowest BCUT2D eigenvalue weighted by Crippen LogP contribution is -2.07. The summed E-state index contributed by atoms with van der Waals surface area (Å²) in [6, 6.07) is 10.1. The standard InChI is InChI=1S/C15H14N4/c16-10-12-8-9-17-19-15(12)18-14-7-3-5-11-4-1-2-6-13(11)14/h3,5,7-9H,1-2,4,6H2,(H,18,19). The molecule has 4 nitrogen and oxygen atoms in total. The van der Waals surface area contributed by atoms with E-state index >= 15 is 0 Å². The fourth-order valence-electron chi connectivity index (χ4n) is 2.54. The minimum Gasteiger partial charge on any atom is -0.337 e. The number of nitrogens with zero attached hydrogens (tertiary/aromatic N) is 3. The van der Waals surface area contributed by atoms with E-state index in [1.807, 2.05) is 6.07 Å². The maximum atomic E-state index is 9.08. The van der Waals surface area contributed by atoms with Crippen LogP contribution >= 0.6 is 0 Å². The molecule has 1 heterocycles. The van der Waals surface area contributed by atoms with Crippen molar-refractivity contribution in [1.82, 2.24) is 10.2 Å². The van der Waals surface area contributed by atoms with Crippen LogP contribution in [0.15, 0.2) is 30.5 Å². The smallest absolute Gasteiger partial charge is 0.171 e. The van der Waals surface area contributed by atoms with E-state index in [0.717, 1.165) is 18.5 Å². The van der Waals surface area contributed by atoms with Crippen molar-refractivity contribution in [3.8, 4) is 6.07 Å². The molecule has 4 heteroatoms. The molecule has 1 aromatic carbocycles. The molecule has 0 atom stereocenters. The molecular formula is C15H14N4. The van der Waals surface area contributed by atoms with Crippen LogP contribution in [0, 0.1) is 11.3 Å². The Kier molecular flexibility index (Phi) is 3.11. The van der Waals surface area contributed by atoms with Gasteiger partial charge in [0.15, 0.2) is 5.82 Å². The van der Waals surface area contributed by atoms with E-state index in [9.17, 15) is 0 Å². The Labute approximate surface area is 112 Å². The highest BCUT2D eigenvalue weighted by Crippen LogP contribution is 2.29. The largest absolute Gasteiger partial charge is 0.337 e. The first-order valence-electron chi connectivity index (χ1n) is 6.48. The predicted octanol–water partition coefficient (Wildman–Crippen LogP) is 2.97. The van der Waals surface area contributed by atoms with Crippen molar-refractivity contribution in [3.05, 3.63) is 47.2 Å². The highest BCUT2D eigenvalue weighted by molar-refractivity contribution is 5.66. The second kappa shape index (κ2) is 5.07. The van der Waals surface area contributed by atoms with Gasteiger partial charge in [-0.3, -0.25) is 0 Å². The first-order valence-corrected chi connectivity index (χ1v) is 6.48. The molecule has 94 valence electrons. The number of nitrogens with one attached hydrogen (secondary N) is 1. The average molecular weight is 250 g/mol. The van der Waals surface area contributed by atoms with Gasteiger partial charge in [-0.2, -0.15) is 10.4 Å². The highest BCUT2D eigenvalue weighted by Gasteiger charge is 2.14. The van der Waals surface area contributed by atoms with E-state index in [2.05, 4.69) is 33.7 Å². The third-order valence-electron chi connectivity index (χ3n) is 3.49. The zero-order valence-corrected chi connectivity index (χ0v) is 10.6. The number of benzene rings is 1. The number of aryl methyl sites for hydroxylation is 1. The van der Waals surface area contributed by atoms with Gasteiger partial charge >= 0.3 is 0 Å². The number of hydrogen-bond acceptors (Lipinski definition) is 4. The molecule has 0 radical (unpaired) electrons. The molecule has 0 amide bonds. The van der Waals surface area contributed by atoms with Crippen LogP contribution in [-0.2, 0) is 12.8 Å². The molecule has 3 rings (SSSR count). The summed E-state index contributed by atoms with van der Waals surface area (Å²) in [6.45, 7) is 0. The Hall–Kier alpha value is -2.41. The Morgan fingerprint density at radius 3 is 2.95 bits per heavy atom. The number of aromatic nitrogens is 2. The first-order chi connectivity index (χ1) is 9.38. The minimum absolute atomic E-state index is 0.517. The Balaban J connectivity index is 1.98. The molecule has 0 saturated carbocycles. The van der Waals surface area contributed by atoms with Gasteiger partial charge in [0.2, 0.25) is 0 Å². The molecule has 0 spiro atoms. The van der Waals surface area contributed by atoms with Crippen LogP contribution in [0.4, 0.5) is 11.5 Å². The molecule has 19 heavy (non-hydrogen) atoms. The molecule has 1 N–H and O–H groups in total. The van der Waals surface area contributed by atoms with Crippen molar-refractivity contribution in [2.45, 2.75) is 25.7 Å². The van der Waals surface area contributed by atoms with Crippen LogP contribution in [0.2, 0.25) is 0 Å². The molecule has 0 saturated heterocycles. The Morgan fingerprint density at radius 2 is 2.05 bits per heavy atom. The number of hydrogen-bond donors (Lipinski definition) is 1. The molecule has 0 fully saturated rings. The lowest BCUT2D eigenvalue weighted by Gasteiger charge is -2.19. The van der Waals surface area contributed by atoms with E-state index in [1.165, 1.54) is 30.2 Å². The summed E-state index contributed by atoms with van der Waals surface area (Å²) in [4.78, 5) is 0. The van der Waals surface area contributed by atoms with Crippen molar-refractivity contribution >= 4 is 11.5 Å². The maximum absolute atomic E-state index is 9.08. The zero-order valence-electron chi connectivity index (χ0n) is 10.6. The van der Waals surface area contributed by atoms with Gasteiger partial charge < -0.3 is 5.32 Å². The normalized spacial score (nSPS) is 13.4. The second-order valence-corrected chi connectivity index (χ2v) is 4.68. The third-order valence-corrected chi connectivity index (χ3v) is 3.49. The summed E-state index contributed by atoms with van der Waals surface area (Å²) in [5, 5.41) is 20.2. The molecule has 2 aromatic rings. The summed E-state index contributed by atoms with van der Waals surface area (Å²) >= 11 is 0. The predicted molar refractivity (Wildman–Crippen MR) is 73.1 cm³/mol. The SMILES string of the molecule is N#Cc1ccnnc1Nc1cccc2c1CCCC2. The monoisotopic (exact) mass is 250 g/mol. The molecule has 0 aliphatic heterocycles. The second-order valence-electron chi connectivity index (χ2n) is 4.68. The summed E-state index contributed by atoms with van der Waals surface area (Å²) in [5.74, 6) is 0.531. The van der Waals surface area contributed by atoms with Gasteiger partial charge in [-0.25, -0.2) is 0 Å². The van der Waals surface area contributed by atoms with Crippen LogP contribution < -0.4 is 5.32 Å². The number of anilines is 2. The zero-order chi connectivity index (χ0) is 13.1. The van der Waals surface area contributed by atoms with Crippen LogP contribution in [0.3, 0.4) is 0 Å². The van der Waals surface area contributed by atoms with Crippen molar-refractivity contribution in [2.24, 2.45) is 0 Å². The van der Waals surface area contributed by atoms with E-state index < -0.39 is 0 Å². The Morgan fingerprint density at radius 1 is 1.16 bits per heavy atom. The van der Waals surface area contributed by atoms with Crippen LogP contribution in [-0.4, -0.2) is 10.2 Å². The van der Waals surface area contributed by atoms with E-state index in [1.54, 1.807) is 6.07 Å². The van der Waals surface area contributed by atoms with Crippen molar-refractivity contribution in [1.29, 1.82) is 5.26 Å². The van der Waals surface area contributed by atoms with E-state index in [0.29, 0.717) is 11.4 Å². The number of nitriles is 1. The van der Waals surface area contributed by atoms with E-state index in [-0.39, 0.29) is 0 Å². The van der Waals surface area contributed by atoms with E-state index in [4.69, 9.17) is 5.26 Å². The summed E-state index contributed by atoms with van der Waals surface area (Å²) in [7, 11) is 0. The first kappa shape index (κ1) is 11.7. The fourth-order valence-corrected chi connectivity index (χ4v) is 2.54. The third kappa shape index (κ3) is 2.27. The van der Waals surface area contributed by atoms with Gasteiger partial charge in [0.05, 0.1) is 11.8 Å². The molecule has 1 aliphatic carbocycles. The van der Waals surface area contributed by atoms with Crippen molar-refractivity contribution in [3.63, 3.8) is 0 Å². The lowest BCUT2D eigenvalue weighted by molar-refractivity contribution is 0.687. The minimum atomic E-state index is 0.517. The van der Waals surface area contributed by atoms with Gasteiger partial charge in [0, 0.05) is 5.69 Å². The Bertz CT molecular complexity index is 643. The topological polar surface area (TPSA) is 61.6 Å². The molecular weight excluding hydrogens is 236 g/mol. The fraction of sp³-hybridized carbons (Fsp3) is 0.267. The molecule has 1 aromatic heterocycles. The maximum Gasteiger partial charge on any atom is 0.171 e. The lowest BCUT2D eigenvalue weighted by atomic mass is 9.90. The molecule has 0 unspecified atom stereocenters. The van der Waals surface area contributed by atoms with Crippen molar-refractivity contribution in [2.75, 3.05) is 5.32 Å². The number of rotatable bonds is 2. The van der Waals surface area contributed by atoms with Crippen LogP contribution in [0.25, 0.3) is 0 Å². The summed E-state index contributed by atoms with van der Waals surface area (Å²) in [6.07, 6.45) is 6.23. The average Bonchev–Trinajstić information content (AvgIpc) is 2.48. The van der Waals surface area contributed by atoms with Gasteiger partial charge in [0.1, 0.15) is 6.07 Å². The molecule has 1 aliphatic rings. The quantitative estimate of drug-likeness (QED) is 0.890. The highest BCUT2D eigenvalue weighted by atomic mass is 15.2. The van der Waals surface area contributed by atoms with Gasteiger partial charge in [0.25, 0.3) is 0 Å². The van der Waals surface area contributed by atoms with Crippen molar-refractivity contribution < 1.29 is 0 Å². The summed E-state index contributed by atoms with van der Waals surface area (Å²) < 4.78 is 0. The van der Waals surface area contributed by atoms with Gasteiger partial charge in [-0.05, 0) is 48.9 Å². The number of fused-ring (bicyclic) bond motifs is 1. The van der Waals surface area contributed by atoms with Crippen LogP contribution in [0.1, 0.15) is 29.5 Å². The summed E-state index contributed by atoms with van der Waals surface area (Å²) in [5.41, 5.74) is 4.32. The molecule has 0 bridgehead atoms.